The van der Waals surface area contributed by atoms with Crippen molar-refractivity contribution in [1.82, 2.24) is 9.62 Å². The number of thioether (sulfide) groups is 1. The van der Waals surface area contributed by atoms with Gasteiger partial charge in [0.1, 0.15) is 11.8 Å². The zero-order chi connectivity index (χ0) is 18.3. The lowest BCUT2D eigenvalue weighted by Gasteiger charge is -2.24. The molecular weight excluding hydrogens is 360 g/mol. The van der Waals surface area contributed by atoms with E-state index in [9.17, 15) is 13.2 Å². The minimum atomic E-state index is -3.76. The minimum Gasteiger partial charge on any atom is -0.467 e. The van der Waals surface area contributed by atoms with E-state index in [1.807, 2.05) is 6.26 Å². The van der Waals surface area contributed by atoms with Gasteiger partial charge >= 0.3 is 0 Å². The number of benzene rings is 1. The quantitative estimate of drug-likeness (QED) is 0.720. The number of carbonyl (C=O) groups is 1. The van der Waals surface area contributed by atoms with Gasteiger partial charge in [0.25, 0.3) is 0 Å². The topological polar surface area (TPSA) is 79.6 Å². The highest BCUT2D eigenvalue weighted by molar-refractivity contribution is 7.98. The molecule has 0 aliphatic rings. The first-order chi connectivity index (χ1) is 11.9. The number of hydrogen-bond acceptors (Lipinski definition) is 5. The number of sulfonamides is 1. The molecule has 136 valence electrons. The van der Waals surface area contributed by atoms with E-state index in [0.29, 0.717) is 17.9 Å². The third-order valence-corrected chi connectivity index (χ3v) is 5.74. The smallest absolute Gasteiger partial charge is 0.241 e. The van der Waals surface area contributed by atoms with Crippen LogP contribution < -0.4 is 4.72 Å². The summed E-state index contributed by atoms with van der Waals surface area (Å²) in [6.45, 7) is 0.286. The normalized spacial score (nSPS) is 12.7. The Balaban J connectivity index is 2.13. The van der Waals surface area contributed by atoms with Crippen molar-refractivity contribution < 1.29 is 17.6 Å². The lowest BCUT2D eigenvalue weighted by Crippen LogP contribution is -2.47. The summed E-state index contributed by atoms with van der Waals surface area (Å²) in [6, 6.07) is 10.7. The Hall–Kier alpha value is -1.77. The van der Waals surface area contributed by atoms with Crippen LogP contribution >= 0.6 is 11.8 Å². The molecule has 0 saturated heterocycles. The highest BCUT2D eigenvalue weighted by atomic mass is 32.2. The van der Waals surface area contributed by atoms with E-state index in [2.05, 4.69) is 4.72 Å². The van der Waals surface area contributed by atoms with Gasteiger partial charge in [-0.3, -0.25) is 4.79 Å². The minimum absolute atomic E-state index is 0.144. The third kappa shape index (κ3) is 5.62. The van der Waals surface area contributed by atoms with Crippen molar-refractivity contribution in [3.05, 3.63) is 54.5 Å². The average Bonchev–Trinajstić information content (AvgIpc) is 3.11. The molecule has 0 saturated carbocycles. The summed E-state index contributed by atoms with van der Waals surface area (Å²) in [7, 11) is -2.13. The van der Waals surface area contributed by atoms with Crippen LogP contribution in [0.4, 0.5) is 0 Å². The molecular formula is C17H22N2O4S2. The molecule has 0 spiro atoms. The van der Waals surface area contributed by atoms with Gasteiger partial charge in [-0.1, -0.05) is 18.2 Å². The maximum atomic E-state index is 12.7. The molecule has 0 aliphatic heterocycles. The van der Waals surface area contributed by atoms with Crippen molar-refractivity contribution >= 4 is 27.7 Å². The number of nitrogens with zero attached hydrogens (tertiary/aromatic N) is 1. The number of amides is 1. The Morgan fingerprint density at radius 3 is 2.56 bits per heavy atom. The van der Waals surface area contributed by atoms with Crippen LogP contribution in [0.15, 0.2) is 58.0 Å². The van der Waals surface area contributed by atoms with Gasteiger partial charge < -0.3 is 9.32 Å². The molecule has 1 N–H and O–H groups in total. The fourth-order valence-electron chi connectivity index (χ4n) is 2.30. The molecule has 1 atom stereocenters. The van der Waals surface area contributed by atoms with Crippen LogP contribution in [0.5, 0.6) is 0 Å². The van der Waals surface area contributed by atoms with Crippen molar-refractivity contribution in [3.8, 4) is 0 Å². The van der Waals surface area contributed by atoms with E-state index in [-0.39, 0.29) is 17.3 Å². The van der Waals surface area contributed by atoms with Gasteiger partial charge in [-0.2, -0.15) is 16.5 Å². The summed E-state index contributed by atoms with van der Waals surface area (Å²) >= 11 is 1.56. The predicted octanol–water partition coefficient (Wildman–Crippen LogP) is 2.34. The van der Waals surface area contributed by atoms with Crippen LogP contribution in [0.2, 0.25) is 0 Å². The van der Waals surface area contributed by atoms with E-state index in [1.54, 1.807) is 49.1 Å². The number of hydrogen-bond donors (Lipinski definition) is 1. The first-order valence-corrected chi connectivity index (χ1v) is 10.7. The molecule has 1 aromatic carbocycles. The second-order valence-corrected chi connectivity index (χ2v) is 8.24. The van der Waals surface area contributed by atoms with Crippen molar-refractivity contribution in [2.24, 2.45) is 0 Å². The van der Waals surface area contributed by atoms with E-state index in [1.165, 1.54) is 23.3 Å². The molecule has 1 amide bonds. The zero-order valence-electron chi connectivity index (χ0n) is 14.2. The summed E-state index contributed by atoms with van der Waals surface area (Å²) in [5, 5.41) is 0. The lowest BCUT2D eigenvalue weighted by atomic mass is 10.2. The Labute approximate surface area is 152 Å². The fraction of sp³-hybridized carbons (Fsp3) is 0.353. The van der Waals surface area contributed by atoms with Gasteiger partial charge in [0.15, 0.2) is 0 Å². The number of carbonyl (C=O) groups excluding carboxylic acids is 1. The van der Waals surface area contributed by atoms with Gasteiger partial charge in [0, 0.05) is 7.05 Å². The van der Waals surface area contributed by atoms with Gasteiger partial charge in [-0.15, -0.1) is 0 Å². The largest absolute Gasteiger partial charge is 0.467 e. The van der Waals surface area contributed by atoms with Gasteiger partial charge in [-0.25, -0.2) is 8.42 Å². The van der Waals surface area contributed by atoms with Crippen molar-refractivity contribution in [2.75, 3.05) is 19.1 Å². The maximum Gasteiger partial charge on any atom is 0.241 e. The molecule has 2 aromatic rings. The van der Waals surface area contributed by atoms with Crippen LogP contribution in [0.1, 0.15) is 12.2 Å². The van der Waals surface area contributed by atoms with Gasteiger partial charge in [0.05, 0.1) is 17.7 Å². The summed E-state index contributed by atoms with van der Waals surface area (Å²) in [6.07, 6.45) is 3.87. The molecule has 1 unspecified atom stereocenters. The third-order valence-electron chi connectivity index (χ3n) is 3.61. The highest BCUT2D eigenvalue weighted by Crippen LogP contribution is 2.13. The SMILES string of the molecule is CSCCC(NS(=O)(=O)c1ccccc1)C(=O)N(C)Cc1ccco1. The van der Waals surface area contributed by atoms with E-state index in [4.69, 9.17) is 4.42 Å². The summed E-state index contributed by atoms with van der Waals surface area (Å²) in [5.41, 5.74) is 0. The van der Waals surface area contributed by atoms with Crippen molar-refractivity contribution in [3.63, 3.8) is 0 Å². The van der Waals surface area contributed by atoms with Crippen LogP contribution in [-0.4, -0.2) is 44.3 Å². The van der Waals surface area contributed by atoms with Crippen LogP contribution in [0, 0.1) is 0 Å². The lowest BCUT2D eigenvalue weighted by molar-refractivity contribution is -0.132. The highest BCUT2D eigenvalue weighted by Gasteiger charge is 2.27. The van der Waals surface area contributed by atoms with Crippen molar-refractivity contribution in [1.29, 1.82) is 0 Å². The molecule has 0 fully saturated rings. The number of furan rings is 1. The molecule has 0 radical (unpaired) electrons. The van der Waals surface area contributed by atoms with E-state index in [0.717, 1.165) is 0 Å². The molecule has 2 rings (SSSR count). The van der Waals surface area contributed by atoms with Gasteiger partial charge in [0.2, 0.25) is 15.9 Å². The number of rotatable bonds is 9. The van der Waals surface area contributed by atoms with Crippen LogP contribution in [0.3, 0.4) is 0 Å². The Morgan fingerprint density at radius 2 is 1.96 bits per heavy atom. The average molecular weight is 383 g/mol. The molecule has 0 aliphatic carbocycles. The second-order valence-electron chi connectivity index (χ2n) is 5.54. The standard InChI is InChI=1S/C17H22N2O4S2/c1-19(13-14-7-6-11-23-14)17(20)16(10-12-24-2)18-25(21,22)15-8-4-3-5-9-15/h3-9,11,16,18H,10,12-13H2,1-2H3. The van der Waals surface area contributed by atoms with E-state index >= 15 is 0 Å². The Morgan fingerprint density at radius 1 is 1.24 bits per heavy atom. The second kappa shape index (κ2) is 9.07. The van der Waals surface area contributed by atoms with Crippen molar-refractivity contribution in [2.45, 2.75) is 23.9 Å². The van der Waals surface area contributed by atoms with Crippen LogP contribution in [0.25, 0.3) is 0 Å². The molecule has 1 heterocycles. The van der Waals surface area contributed by atoms with Crippen LogP contribution in [-0.2, 0) is 21.4 Å². The molecule has 1 aromatic heterocycles. The molecule has 0 bridgehead atoms. The predicted molar refractivity (Wildman–Crippen MR) is 98.7 cm³/mol. The fourth-order valence-corrected chi connectivity index (χ4v) is 4.02. The zero-order valence-corrected chi connectivity index (χ0v) is 15.8. The Bertz CT molecular complexity index is 761. The number of nitrogens with one attached hydrogen (secondary N) is 1. The monoisotopic (exact) mass is 382 g/mol. The number of likely N-dealkylation sites (N-methyl/N-ethyl adjacent to an activating group) is 1. The molecule has 8 heteroatoms. The first-order valence-electron chi connectivity index (χ1n) is 7.77. The Kier molecular flexibility index (Phi) is 7.10. The summed E-state index contributed by atoms with van der Waals surface area (Å²) in [4.78, 5) is 14.3. The molecule has 6 nitrogen and oxygen atoms in total. The first kappa shape index (κ1) is 19.6. The van der Waals surface area contributed by atoms with E-state index < -0.39 is 16.1 Å². The molecule has 25 heavy (non-hydrogen) atoms. The van der Waals surface area contributed by atoms with Gasteiger partial charge in [-0.05, 0) is 42.7 Å². The maximum absolute atomic E-state index is 12.7. The summed E-state index contributed by atoms with van der Waals surface area (Å²) in [5.74, 6) is 1.03. The summed E-state index contributed by atoms with van der Waals surface area (Å²) < 4.78 is 32.9.